The van der Waals surface area contributed by atoms with Gasteiger partial charge >= 0.3 is 0 Å². The topological polar surface area (TPSA) is 101 Å². The molecule has 1 saturated heterocycles. The first-order chi connectivity index (χ1) is 16.5. The van der Waals surface area contributed by atoms with Crippen LogP contribution < -0.4 is 20.7 Å². The van der Waals surface area contributed by atoms with Gasteiger partial charge in [-0.05, 0) is 83.5 Å². The number of aliphatic imine (C=N–C) groups is 1. The number of amides is 1. The number of carbonyl (C=O) groups excluding carboxylic acids is 1. The third-order valence-corrected chi connectivity index (χ3v) is 6.42. The number of nitrogens with zero attached hydrogens (tertiary/aromatic N) is 3. The van der Waals surface area contributed by atoms with E-state index in [4.69, 9.17) is 4.74 Å². The van der Waals surface area contributed by atoms with E-state index in [2.05, 4.69) is 30.9 Å². The van der Waals surface area contributed by atoms with E-state index in [0.29, 0.717) is 46.8 Å². The van der Waals surface area contributed by atoms with Gasteiger partial charge in [0.2, 0.25) is 0 Å². The lowest BCUT2D eigenvalue weighted by Crippen LogP contribution is -2.38. The van der Waals surface area contributed by atoms with Gasteiger partial charge in [0, 0.05) is 12.6 Å². The average Bonchev–Trinajstić information content (AvgIpc) is 3.35. The molecule has 3 N–H and O–H groups in total. The maximum Gasteiger partial charge on any atom is 0.265 e. The summed E-state index contributed by atoms with van der Waals surface area (Å²) in [6.07, 6.45) is 7.78. The van der Waals surface area contributed by atoms with E-state index in [9.17, 15) is 9.18 Å². The number of aryl methyl sites for hydroxylation is 1. The summed E-state index contributed by atoms with van der Waals surface area (Å²) < 4.78 is 20.1. The van der Waals surface area contributed by atoms with Crippen molar-refractivity contribution >= 4 is 28.8 Å². The molecule has 182 valence electrons. The van der Waals surface area contributed by atoms with Crippen molar-refractivity contribution in [3.05, 3.63) is 36.0 Å². The zero-order valence-electron chi connectivity index (χ0n) is 19.9. The van der Waals surface area contributed by atoms with E-state index < -0.39 is 0 Å². The van der Waals surface area contributed by atoms with Crippen LogP contribution in [-0.4, -0.2) is 47.3 Å². The van der Waals surface area contributed by atoms with Gasteiger partial charge in [-0.3, -0.25) is 4.79 Å². The second-order valence-electron chi connectivity index (χ2n) is 9.05. The van der Waals surface area contributed by atoms with Gasteiger partial charge in [-0.1, -0.05) is 0 Å². The van der Waals surface area contributed by atoms with Crippen molar-refractivity contribution in [3.8, 4) is 5.75 Å². The number of aromatic nitrogens is 2. The van der Waals surface area contributed by atoms with Crippen LogP contribution in [0.5, 0.6) is 5.75 Å². The average molecular weight is 469 g/mol. The Kier molecular flexibility index (Phi) is 8.05. The molecule has 1 amide bonds. The normalized spacial score (nSPS) is 17.6. The van der Waals surface area contributed by atoms with Gasteiger partial charge in [-0.2, -0.15) is 0 Å². The molecule has 1 aliphatic carbocycles. The van der Waals surface area contributed by atoms with Gasteiger partial charge < -0.3 is 20.7 Å². The molecule has 8 nitrogen and oxygen atoms in total. The first kappa shape index (κ1) is 24.1. The van der Waals surface area contributed by atoms with E-state index in [0.717, 1.165) is 51.6 Å². The molecule has 0 unspecified atom stereocenters. The van der Waals surface area contributed by atoms with Crippen molar-refractivity contribution in [2.24, 2.45) is 10.9 Å². The fourth-order valence-electron chi connectivity index (χ4n) is 4.37. The molecule has 0 spiro atoms. The smallest absolute Gasteiger partial charge is 0.265 e. The zero-order chi connectivity index (χ0) is 23.9. The van der Waals surface area contributed by atoms with Crippen LogP contribution in [0.15, 0.2) is 29.5 Å². The molecule has 1 aromatic heterocycles. The highest BCUT2D eigenvalue weighted by Gasteiger charge is 2.20. The molecule has 1 aromatic carbocycles. The molecule has 9 heteroatoms. The fourth-order valence-corrected chi connectivity index (χ4v) is 4.37. The highest BCUT2D eigenvalue weighted by molar-refractivity contribution is 6.38. The highest BCUT2D eigenvalue weighted by Crippen LogP contribution is 2.35. The Morgan fingerprint density at radius 3 is 2.74 bits per heavy atom. The van der Waals surface area contributed by atoms with E-state index in [1.54, 1.807) is 13.0 Å². The Hall–Kier alpha value is -3.07. The second-order valence-corrected chi connectivity index (χ2v) is 9.05. The largest absolute Gasteiger partial charge is 0.488 e. The summed E-state index contributed by atoms with van der Waals surface area (Å²) in [5, 5.41) is 9.55. The maximum absolute atomic E-state index is 14.0. The van der Waals surface area contributed by atoms with Crippen LogP contribution in [0.2, 0.25) is 0 Å². The number of piperidine rings is 1. The van der Waals surface area contributed by atoms with E-state index in [1.165, 1.54) is 18.5 Å². The number of anilines is 2. The van der Waals surface area contributed by atoms with Gasteiger partial charge in [0.1, 0.15) is 29.3 Å². The van der Waals surface area contributed by atoms with Gasteiger partial charge in [0.15, 0.2) is 5.82 Å². The van der Waals surface area contributed by atoms with Crippen molar-refractivity contribution < 1.29 is 13.9 Å². The Morgan fingerprint density at radius 1 is 1.21 bits per heavy atom. The minimum atomic E-state index is -0.364. The zero-order valence-corrected chi connectivity index (χ0v) is 19.9. The minimum Gasteiger partial charge on any atom is -0.488 e. The summed E-state index contributed by atoms with van der Waals surface area (Å²) in [4.78, 5) is 25.8. The van der Waals surface area contributed by atoms with Crippen LogP contribution >= 0.6 is 0 Å². The first-order valence-electron chi connectivity index (χ1n) is 12.1. The molecule has 2 heterocycles. The van der Waals surface area contributed by atoms with Crippen molar-refractivity contribution in [2.45, 2.75) is 58.5 Å². The molecule has 0 atom stereocenters. The highest BCUT2D eigenvalue weighted by atomic mass is 19.1. The number of hydrogen-bond donors (Lipinski definition) is 3. The van der Waals surface area contributed by atoms with Crippen LogP contribution in [0.25, 0.3) is 0 Å². The monoisotopic (exact) mass is 468 g/mol. The first-order valence-corrected chi connectivity index (χ1v) is 12.1. The van der Waals surface area contributed by atoms with Crippen LogP contribution in [0.1, 0.15) is 51.1 Å². The summed E-state index contributed by atoms with van der Waals surface area (Å²) in [7, 11) is 0. The predicted octanol–water partition coefficient (Wildman–Crippen LogP) is 4.20. The minimum absolute atomic E-state index is 0.0814. The third-order valence-electron chi connectivity index (χ3n) is 6.42. The van der Waals surface area contributed by atoms with E-state index in [-0.39, 0.29) is 17.8 Å². The quantitative estimate of drug-likeness (QED) is 0.502. The van der Waals surface area contributed by atoms with Crippen LogP contribution in [0.3, 0.4) is 0 Å². The summed E-state index contributed by atoms with van der Waals surface area (Å²) in [5.74, 6) is 0.779. The number of benzene rings is 1. The van der Waals surface area contributed by atoms with Crippen LogP contribution in [-0.2, 0) is 4.79 Å². The molecule has 0 radical (unpaired) electrons. The van der Waals surface area contributed by atoms with E-state index in [1.807, 2.05) is 6.92 Å². The van der Waals surface area contributed by atoms with Crippen LogP contribution in [0.4, 0.5) is 21.6 Å². The number of nitrogens with one attached hydrogen (secondary N) is 3. The Bertz CT molecular complexity index is 1030. The molecule has 0 bridgehead atoms. The van der Waals surface area contributed by atoms with Gasteiger partial charge in [0.05, 0.1) is 17.5 Å². The standard InChI is InChI=1S/C25H33FN6O2/c1-16-23(31-17(2)25(33)28-14-18-9-11-27-12-10-18)24(30-15-29-16)32-21-8-7-19(26)13-22(21)34-20-5-3-4-6-20/h7-8,13,15,18,20,27H,3-6,9-12,14H2,1-2H3,(H,28,33)(H,29,30,32)/b31-17+. The Labute approximate surface area is 199 Å². The summed E-state index contributed by atoms with van der Waals surface area (Å²) in [6.45, 7) is 6.10. The van der Waals surface area contributed by atoms with Crippen molar-refractivity contribution in [3.63, 3.8) is 0 Å². The summed E-state index contributed by atoms with van der Waals surface area (Å²) in [6, 6.07) is 4.39. The van der Waals surface area contributed by atoms with Crippen molar-refractivity contribution in [1.82, 2.24) is 20.6 Å². The van der Waals surface area contributed by atoms with Gasteiger partial charge in [0.25, 0.3) is 5.91 Å². The molecular formula is C25H33FN6O2. The Morgan fingerprint density at radius 2 is 1.97 bits per heavy atom. The number of hydrogen-bond acceptors (Lipinski definition) is 7. The molecular weight excluding hydrogens is 435 g/mol. The number of halogens is 1. The maximum atomic E-state index is 14.0. The van der Waals surface area contributed by atoms with Gasteiger partial charge in [-0.15, -0.1) is 0 Å². The number of carbonyl (C=O) groups is 1. The molecule has 1 saturated carbocycles. The van der Waals surface area contributed by atoms with Crippen molar-refractivity contribution in [2.75, 3.05) is 25.0 Å². The molecule has 2 aliphatic rings. The third kappa shape index (κ3) is 6.28. The Balaban J connectivity index is 1.51. The van der Waals surface area contributed by atoms with E-state index >= 15 is 0 Å². The summed E-state index contributed by atoms with van der Waals surface area (Å²) >= 11 is 0. The SMILES string of the molecule is C/C(=N\c1c(C)ncnc1Nc1ccc(F)cc1OC1CCCC1)C(=O)NCC1CCNCC1. The lowest BCUT2D eigenvalue weighted by molar-refractivity contribution is -0.115. The lowest BCUT2D eigenvalue weighted by atomic mass is 9.98. The van der Waals surface area contributed by atoms with Crippen LogP contribution in [0, 0.1) is 18.7 Å². The molecule has 2 aromatic rings. The number of rotatable bonds is 8. The van der Waals surface area contributed by atoms with Crippen molar-refractivity contribution in [1.29, 1.82) is 0 Å². The number of ether oxygens (including phenoxy) is 1. The van der Waals surface area contributed by atoms with Gasteiger partial charge in [-0.25, -0.2) is 19.4 Å². The molecule has 4 rings (SSSR count). The predicted molar refractivity (Wildman–Crippen MR) is 131 cm³/mol. The fraction of sp³-hybridized carbons (Fsp3) is 0.520. The lowest BCUT2D eigenvalue weighted by Gasteiger charge is -2.22. The molecule has 2 fully saturated rings. The summed E-state index contributed by atoms with van der Waals surface area (Å²) in [5.41, 5.74) is 2.02. The molecule has 34 heavy (non-hydrogen) atoms. The molecule has 1 aliphatic heterocycles. The second kappa shape index (κ2) is 11.4.